The van der Waals surface area contributed by atoms with E-state index in [2.05, 4.69) is 50.2 Å². The first-order valence-electron chi connectivity index (χ1n) is 10.7. The third kappa shape index (κ3) is 5.42. The van der Waals surface area contributed by atoms with Crippen LogP contribution in [0.3, 0.4) is 0 Å². The molecule has 36 heavy (non-hydrogen) atoms. The summed E-state index contributed by atoms with van der Waals surface area (Å²) in [7, 11) is -3.74. The summed E-state index contributed by atoms with van der Waals surface area (Å²) in [6.45, 7) is 1.91. The average molecular weight is 501 g/mol. The standard InChI is InChI=1S/C23H20N10O2S/c1-15-3-2-4-18(28-15)22-25-11-9-19(31-22)30-20-10-12-26-23(32-20)29-16-5-7-17(8-6-16)33-36(34,35)21-13-24-14-27-21/h2-14,33H,1H3,(H,24,27)(H2,25,26,29,30,31,32). The first-order chi connectivity index (χ1) is 17.4. The van der Waals surface area contributed by atoms with Gasteiger partial charge in [-0.25, -0.2) is 24.9 Å². The lowest BCUT2D eigenvalue weighted by Crippen LogP contribution is -2.13. The number of sulfonamides is 1. The van der Waals surface area contributed by atoms with Gasteiger partial charge in [0.25, 0.3) is 10.0 Å². The molecule has 0 bridgehead atoms. The topological polar surface area (TPSA) is 163 Å². The van der Waals surface area contributed by atoms with Crippen molar-refractivity contribution in [2.45, 2.75) is 11.9 Å². The Morgan fingerprint density at radius 2 is 1.56 bits per heavy atom. The Bertz CT molecular complexity index is 1590. The number of pyridine rings is 1. The highest BCUT2D eigenvalue weighted by Gasteiger charge is 2.15. The molecule has 5 rings (SSSR count). The summed E-state index contributed by atoms with van der Waals surface area (Å²) < 4.78 is 27.1. The van der Waals surface area contributed by atoms with Crippen LogP contribution in [0.5, 0.6) is 0 Å². The lowest BCUT2D eigenvalue weighted by molar-refractivity contribution is 0.598. The molecule has 0 aliphatic rings. The van der Waals surface area contributed by atoms with Gasteiger partial charge in [0.05, 0.1) is 12.5 Å². The van der Waals surface area contributed by atoms with Crippen LogP contribution >= 0.6 is 0 Å². The molecule has 180 valence electrons. The van der Waals surface area contributed by atoms with Crippen LogP contribution in [0.25, 0.3) is 11.5 Å². The summed E-state index contributed by atoms with van der Waals surface area (Å²) in [5.41, 5.74) is 2.63. The van der Waals surface area contributed by atoms with E-state index in [-0.39, 0.29) is 5.03 Å². The van der Waals surface area contributed by atoms with Crippen LogP contribution in [-0.2, 0) is 10.0 Å². The van der Waals surface area contributed by atoms with Crippen molar-refractivity contribution in [3.8, 4) is 11.5 Å². The van der Waals surface area contributed by atoms with Crippen LogP contribution in [0.1, 0.15) is 5.69 Å². The van der Waals surface area contributed by atoms with Crippen LogP contribution in [0.15, 0.2) is 84.5 Å². The van der Waals surface area contributed by atoms with Crippen molar-refractivity contribution in [1.82, 2.24) is 34.9 Å². The van der Waals surface area contributed by atoms with Gasteiger partial charge >= 0.3 is 0 Å². The number of anilines is 5. The third-order valence-electron chi connectivity index (χ3n) is 4.84. The van der Waals surface area contributed by atoms with Crippen molar-refractivity contribution in [2.24, 2.45) is 0 Å². The molecule has 0 amide bonds. The Morgan fingerprint density at radius 1 is 0.806 bits per heavy atom. The summed E-state index contributed by atoms with van der Waals surface area (Å²) in [5.74, 6) is 1.93. The van der Waals surface area contributed by atoms with Gasteiger partial charge in [0.1, 0.15) is 17.3 Å². The van der Waals surface area contributed by atoms with Crippen molar-refractivity contribution in [1.29, 1.82) is 0 Å². The second-order valence-electron chi connectivity index (χ2n) is 7.54. The molecule has 0 unspecified atom stereocenters. The largest absolute Gasteiger partial charge is 0.334 e. The summed E-state index contributed by atoms with van der Waals surface area (Å²) >= 11 is 0. The van der Waals surface area contributed by atoms with E-state index < -0.39 is 10.0 Å². The number of aryl methyl sites for hydroxylation is 1. The van der Waals surface area contributed by atoms with Gasteiger partial charge in [-0.15, -0.1) is 0 Å². The number of aromatic amines is 1. The normalized spacial score (nSPS) is 11.1. The zero-order valence-corrected chi connectivity index (χ0v) is 19.7. The van der Waals surface area contributed by atoms with Gasteiger partial charge in [-0.2, -0.15) is 13.4 Å². The molecule has 5 aromatic rings. The second kappa shape index (κ2) is 9.76. The van der Waals surface area contributed by atoms with Crippen molar-refractivity contribution >= 4 is 39.0 Å². The summed E-state index contributed by atoms with van der Waals surface area (Å²) in [4.78, 5) is 28.3. The van der Waals surface area contributed by atoms with Gasteiger partial charge in [-0.3, -0.25) is 4.72 Å². The molecule has 0 spiro atoms. The fourth-order valence-corrected chi connectivity index (χ4v) is 4.15. The molecule has 0 saturated heterocycles. The van der Waals surface area contributed by atoms with Crippen LogP contribution < -0.4 is 15.4 Å². The van der Waals surface area contributed by atoms with Gasteiger partial charge in [0.15, 0.2) is 10.9 Å². The van der Waals surface area contributed by atoms with Crippen LogP contribution in [-0.4, -0.2) is 43.3 Å². The monoisotopic (exact) mass is 500 g/mol. The van der Waals surface area contributed by atoms with Gasteiger partial charge in [0.2, 0.25) is 5.95 Å². The van der Waals surface area contributed by atoms with Crippen LogP contribution in [0.2, 0.25) is 0 Å². The van der Waals surface area contributed by atoms with E-state index in [1.165, 1.54) is 12.5 Å². The molecule has 0 atom stereocenters. The van der Waals surface area contributed by atoms with Crippen molar-refractivity contribution in [3.63, 3.8) is 0 Å². The average Bonchev–Trinajstić information content (AvgIpc) is 3.42. The number of hydrogen-bond acceptors (Lipinski definition) is 10. The van der Waals surface area contributed by atoms with Gasteiger partial charge < -0.3 is 15.6 Å². The molecule has 4 N–H and O–H groups in total. The van der Waals surface area contributed by atoms with E-state index >= 15 is 0 Å². The molecule has 12 nitrogen and oxygen atoms in total. The number of imidazole rings is 1. The molecule has 0 saturated carbocycles. The van der Waals surface area contributed by atoms with Gasteiger partial charge in [0, 0.05) is 29.5 Å². The predicted molar refractivity (Wildman–Crippen MR) is 134 cm³/mol. The Balaban J connectivity index is 1.26. The lowest BCUT2D eigenvalue weighted by Gasteiger charge is -2.10. The first-order valence-corrected chi connectivity index (χ1v) is 12.2. The molecular weight excluding hydrogens is 480 g/mol. The van der Waals surface area contributed by atoms with E-state index in [9.17, 15) is 8.42 Å². The Hall–Kier alpha value is -4.91. The molecular formula is C23H20N10O2S. The quantitative estimate of drug-likeness (QED) is 0.247. The highest BCUT2D eigenvalue weighted by atomic mass is 32.2. The molecule has 1 aromatic carbocycles. The van der Waals surface area contributed by atoms with E-state index in [1.54, 1.807) is 48.8 Å². The van der Waals surface area contributed by atoms with Gasteiger partial charge in [-0.1, -0.05) is 6.07 Å². The number of benzene rings is 1. The SMILES string of the molecule is Cc1cccc(-c2nccc(Nc3ccnc(Nc4ccc(NS(=O)(=O)c5cnc[nH]5)cc4)n3)n2)n1. The van der Waals surface area contributed by atoms with Crippen molar-refractivity contribution in [3.05, 3.63) is 85.2 Å². The lowest BCUT2D eigenvalue weighted by atomic mass is 10.3. The molecule has 4 heterocycles. The zero-order chi connectivity index (χ0) is 25.0. The fraction of sp³-hybridized carbons (Fsp3) is 0.0435. The number of rotatable bonds is 8. The Labute approximate surface area is 206 Å². The van der Waals surface area contributed by atoms with Crippen molar-refractivity contribution in [2.75, 3.05) is 15.4 Å². The molecule has 13 heteroatoms. The molecule has 0 aliphatic heterocycles. The Morgan fingerprint density at radius 3 is 2.31 bits per heavy atom. The maximum atomic E-state index is 12.3. The van der Waals surface area contributed by atoms with E-state index in [0.717, 1.165) is 5.69 Å². The maximum absolute atomic E-state index is 12.3. The van der Waals surface area contributed by atoms with Gasteiger partial charge in [-0.05, 0) is 55.5 Å². The predicted octanol–water partition coefficient (Wildman–Crippen LogP) is 3.65. The number of nitrogens with zero attached hydrogens (tertiary/aromatic N) is 6. The molecule has 0 fully saturated rings. The smallest absolute Gasteiger partial charge is 0.278 e. The molecule has 0 radical (unpaired) electrons. The maximum Gasteiger partial charge on any atom is 0.278 e. The summed E-state index contributed by atoms with van der Waals surface area (Å²) in [6.07, 6.45) is 5.79. The fourth-order valence-electron chi connectivity index (χ4n) is 3.19. The van der Waals surface area contributed by atoms with Crippen LogP contribution in [0, 0.1) is 6.92 Å². The Kier molecular flexibility index (Phi) is 6.19. The summed E-state index contributed by atoms with van der Waals surface area (Å²) in [5, 5.41) is 6.22. The van der Waals surface area contributed by atoms with E-state index in [0.29, 0.717) is 40.5 Å². The molecule has 0 aliphatic carbocycles. The van der Waals surface area contributed by atoms with E-state index in [4.69, 9.17) is 0 Å². The highest BCUT2D eigenvalue weighted by molar-refractivity contribution is 7.92. The minimum absolute atomic E-state index is 0.0200. The number of aromatic nitrogens is 7. The first kappa shape index (κ1) is 22.9. The van der Waals surface area contributed by atoms with E-state index in [1.807, 2.05) is 25.1 Å². The summed E-state index contributed by atoms with van der Waals surface area (Å²) in [6, 6.07) is 15.8. The molecule has 4 aromatic heterocycles. The minimum Gasteiger partial charge on any atom is -0.334 e. The minimum atomic E-state index is -3.74. The highest BCUT2D eigenvalue weighted by Crippen LogP contribution is 2.21. The number of hydrogen-bond donors (Lipinski definition) is 4. The van der Waals surface area contributed by atoms with Crippen molar-refractivity contribution < 1.29 is 8.42 Å². The van der Waals surface area contributed by atoms with Crippen LogP contribution in [0.4, 0.5) is 29.0 Å². The zero-order valence-electron chi connectivity index (χ0n) is 18.9. The second-order valence-corrected chi connectivity index (χ2v) is 9.19. The number of H-pyrrole nitrogens is 1. The number of nitrogens with one attached hydrogen (secondary N) is 4. The third-order valence-corrected chi connectivity index (χ3v) is 6.15.